The van der Waals surface area contributed by atoms with Crippen LogP contribution in [0.15, 0.2) is 23.6 Å². The maximum Gasteiger partial charge on any atom is 0.0516 e. The van der Waals surface area contributed by atoms with E-state index >= 15 is 0 Å². The van der Waals surface area contributed by atoms with Crippen LogP contribution in [0.5, 0.6) is 0 Å². The highest BCUT2D eigenvalue weighted by Crippen LogP contribution is 2.18. The normalized spacial score (nSPS) is 11.2. The first-order valence-corrected chi connectivity index (χ1v) is 5.63. The molecule has 1 nitrogen and oxygen atoms in total. The minimum absolute atomic E-state index is 0.843. The van der Waals surface area contributed by atoms with Crippen molar-refractivity contribution in [2.75, 3.05) is 6.54 Å². The highest BCUT2D eigenvalue weighted by atomic mass is 35.5. The van der Waals surface area contributed by atoms with E-state index in [4.69, 9.17) is 11.6 Å². The van der Waals surface area contributed by atoms with Crippen molar-refractivity contribution in [3.63, 3.8) is 0 Å². The molecule has 0 spiro atoms. The molecule has 0 bridgehead atoms. The van der Waals surface area contributed by atoms with Gasteiger partial charge in [0.15, 0.2) is 0 Å². The smallest absolute Gasteiger partial charge is 0.0516 e. The summed E-state index contributed by atoms with van der Waals surface area (Å²) in [5.41, 5.74) is 0. The molecule has 0 aliphatic heterocycles. The van der Waals surface area contributed by atoms with Gasteiger partial charge in [0.2, 0.25) is 0 Å². The molecule has 0 radical (unpaired) electrons. The molecular weight excluding hydrogens is 202 g/mol. The Balaban J connectivity index is 2.13. The zero-order valence-electron chi connectivity index (χ0n) is 7.72. The van der Waals surface area contributed by atoms with Crippen LogP contribution in [-0.4, -0.2) is 6.54 Å². The van der Waals surface area contributed by atoms with Crippen LogP contribution in [0.4, 0.5) is 0 Å². The lowest BCUT2D eigenvalue weighted by Gasteiger charge is -1.98. The van der Waals surface area contributed by atoms with Crippen LogP contribution in [-0.2, 0) is 6.54 Å². The Bertz CT molecular complexity index is 268. The van der Waals surface area contributed by atoms with Crippen molar-refractivity contribution in [3.8, 4) is 0 Å². The van der Waals surface area contributed by atoms with Gasteiger partial charge in [-0.25, -0.2) is 0 Å². The van der Waals surface area contributed by atoms with Crippen LogP contribution in [0.25, 0.3) is 0 Å². The highest BCUT2D eigenvalue weighted by molar-refractivity contribution is 7.10. The minimum Gasteiger partial charge on any atom is -0.312 e. The molecule has 0 aliphatic carbocycles. The Labute approximate surface area is 88.4 Å². The monoisotopic (exact) mass is 215 g/mol. The molecule has 0 aromatic carbocycles. The van der Waals surface area contributed by atoms with Crippen LogP contribution in [0.3, 0.4) is 0 Å². The molecule has 0 aliphatic rings. The van der Waals surface area contributed by atoms with Crippen molar-refractivity contribution in [1.82, 2.24) is 5.32 Å². The average Bonchev–Trinajstić information content (AvgIpc) is 2.51. The third-order valence-electron chi connectivity index (χ3n) is 1.64. The molecule has 0 amide bonds. The summed E-state index contributed by atoms with van der Waals surface area (Å²) in [4.78, 5) is 1.30. The molecule has 0 saturated carbocycles. The number of rotatable bonds is 5. The largest absolute Gasteiger partial charge is 0.312 e. The molecule has 1 N–H and O–H groups in total. The first-order valence-electron chi connectivity index (χ1n) is 4.37. The van der Waals surface area contributed by atoms with Crippen LogP contribution < -0.4 is 5.32 Å². The van der Waals surface area contributed by atoms with E-state index < -0.39 is 0 Å². The van der Waals surface area contributed by atoms with Crippen molar-refractivity contribution in [3.05, 3.63) is 33.5 Å². The number of hydrogen-bond acceptors (Lipinski definition) is 2. The topological polar surface area (TPSA) is 12.0 Å². The lowest BCUT2D eigenvalue weighted by Crippen LogP contribution is -2.12. The van der Waals surface area contributed by atoms with Gasteiger partial charge in [0.1, 0.15) is 0 Å². The average molecular weight is 216 g/mol. The van der Waals surface area contributed by atoms with Gasteiger partial charge in [-0.05, 0) is 26.0 Å². The van der Waals surface area contributed by atoms with E-state index in [0.717, 1.165) is 24.5 Å². The molecule has 13 heavy (non-hydrogen) atoms. The number of allylic oxidation sites excluding steroid dienone is 1. The fourth-order valence-corrected chi connectivity index (χ4v) is 2.05. The Morgan fingerprint density at radius 2 is 2.46 bits per heavy atom. The van der Waals surface area contributed by atoms with Crippen molar-refractivity contribution < 1.29 is 0 Å². The fourth-order valence-electron chi connectivity index (χ4n) is 1.01. The summed E-state index contributed by atoms with van der Waals surface area (Å²) in [7, 11) is 0. The predicted molar refractivity (Wildman–Crippen MR) is 60.5 cm³/mol. The summed E-state index contributed by atoms with van der Waals surface area (Å²) in [5.74, 6) is 0. The van der Waals surface area contributed by atoms with E-state index in [1.165, 1.54) is 4.88 Å². The Hall–Kier alpha value is -0.310. The van der Waals surface area contributed by atoms with Crippen molar-refractivity contribution in [2.24, 2.45) is 0 Å². The summed E-state index contributed by atoms with van der Waals surface area (Å²) in [6.07, 6.45) is 5.33. The van der Waals surface area contributed by atoms with Gasteiger partial charge in [-0.2, -0.15) is 0 Å². The zero-order valence-corrected chi connectivity index (χ0v) is 9.29. The summed E-state index contributed by atoms with van der Waals surface area (Å²) in [5, 5.41) is 6.16. The van der Waals surface area contributed by atoms with E-state index in [1.807, 2.05) is 18.4 Å². The molecule has 1 aromatic rings. The summed E-state index contributed by atoms with van der Waals surface area (Å²) < 4.78 is 0. The second-order valence-corrected chi connectivity index (χ2v) is 4.20. The van der Waals surface area contributed by atoms with Gasteiger partial charge >= 0.3 is 0 Å². The Morgan fingerprint density at radius 1 is 1.62 bits per heavy atom. The van der Waals surface area contributed by atoms with Gasteiger partial charge in [-0.15, -0.1) is 11.3 Å². The van der Waals surface area contributed by atoms with Gasteiger partial charge in [0, 0.05) is 16.8 Å². The van der Waals surface area contributed by atoms with Gasteiger partial charge in [-0.1, -0.05) is 23.8 Å². The van der Waals surface area contributed by atoms with Crippen LogP contribution >= 0.6 is 22.9 Å². The lowest BCUT2D eigenvalue weighted by atomic mass is 10.3. The zero-order chi connectivity index (χ0) is 9.52. The first-order chi connectivity index (χ1) is 6.33. The molecule has 0 fully saturated rings. The number of hydrogen-bond donors (Lipinski definition) is 1. The molecule has 3 heteroatoms. The van der Waals surface area contributed by atoms with E-state index in [-0.39, 0.29) is 0 Å². The summed E-state index contributed by atoms with van der Waals surface area (Å²) in [6.45, 7) is 3.99. The summed E-state index contributed by atoms with van der Waals surface area (Å²) >= 11 is 7.50. The third kappa shape index (κ3) is 4.46. The van der Waals surface area contributed by atoms with Gasteiger partial charge in [0.25, 0.3) is 0 Å². The quantitative estimate of drug-likeness (QED) is 0.586. The first kappa shape index (κ1) is 10.8. The minimum atomic E-state index is 0.843. The second kappa shape index (κ2) is 6.19. The molecule has 0 unspecified atom stereocenters. The molecular formula is C10H14ClNS. The molecule has 1 rings (SSSR count). The molecule has 72 valence electrons. The molecule has 0 atom stereocenters. The second-order valence-electron chi connectivity index (χ2n) is 2.77. The van der Waals surface area contributed by atoms with Crippen LogP contribution in [0.2, 0.25) is 5.02 Å². The van der Waals surface area contributed by atoms with E-state index in [1.54, 1.807) is 11.3 Å². The van der Waals surface area contributed by atoms with E-state index in [0.29, 0.717) is 0 Å². The van der Waals surface area contributed by atoms with Gasteiger partial charge in [-0.3, -0.25) is 0 Å². The van der Waals surface area contributed by atoms with Crippen LogP contribution in [0, 0.1) is 0 Å². The molecule has 1 heterocycles. The van der Waals surface area contributed by atoms with Crippen molar-refractivity contribution >= 4 is 22.9 Å². The maximum absolute atomic E-state index is 5.79. The Kier molecular flexibility index (Phi) is 5.13. The third-order valence-corrected chi connectivity index (χ3v) is 2.93. The lowest BCUT2D eigenvalue weighted by molar-refractivity contribution is 0.702. The number of nitrogens with one attached hydrogen (secondary N) is 1. The van der Waals surface area contributed by atoms with Gasteiger partial charge in [0.05, 0.1) is 5.02 Å². The van der Waals surface area contributed by atoms with Crippen LogP contribution in [0.1, 0.15) is 18.2 Å². The highest BCUT2D eigenvalue weighted by Gasteiger charge is 1.95. The van der Waals surface area contributed by atoms with Gasteiger partial charge < -0.3 is 5.32 Å². The van der Waals surface area contributed by atoms with E-state index in [9.17, 15) is 0 Å². The molecule has 1 aromatic heterocycles. The maximum atomic E-state index is 5.79. The van der Waals surface area contributed by atoms with Crippen molar-refractivity contribution in [1.29, 1.82) is 0 Å². The molecule has 0 saturated heterocycles. The predicted octanol–water partition coefficient (Wildman–Crippen LogP) is 3.46. The Morgan fingerprint density at radius 3 is 3.08 bits per heavy atom. The summed E-state index contributed by atoms with van der Waals surface area (Å²) in [6, 6.07) is 2.01. The van der Waals surface area contributed by atoms with E-state index in [2.05, 4.69) is 17.5 Å². The van der Waals surface area contributed by atoms with Crippen molar-refractivity contribution in [2.45, 2.75) is 19.9 Å². The number of thiophene rings is 1. The number of halogens is 1. The fraction of sp³-hybridized carbons (Fsp3) is 0.400. The SMILES string of the molecule is C/C=C/CCNCc1cc(Cl)cs1. The standard InChI is InChI=1S/C10H14ClNS/c1-2-3-4-5-12-7-10-6-9(11)8-13-10/h2-3,6,8,12H,4-5,7H2,1H3/b3-2+.